The number of fused-ring (bicyclic) bond motifs is 1. The van der Waals surface area contributed by atoms with E-state index >= 15 is 0 Å². The number of para-hydroxylation sites is 1. The van der Waals surface area contributed by atoms with E-state index in [0.29, 0.717) is 23.3 Å². The van der Waals surface area contributed by atoms with E-state index in [1.165, 1.54) is 10.6 Å². The van der Waals surface area contributed by atoms with Gasteiger partial charge in [0.05, 0.1) is 5.52 Å². The lowest BCUT2D eigenvalue weighted by Gasteiger charge is -2.14. The van der Waals surface area contributed by atoms with Crippen LogP contribution in [-0.2, 0) is 4.79 Å². The van der Waals surface area contributed by atoms with Crippen molar-refractivity contribution in [3.63, 3.8) is 0 Å². The summed E-state index contributed by atoms with van der Waals surface area (Å²) in [6, 6.07) is 8.59. The van der Waals surface area contributed by atoms with E-state index in [2.05, 4.69) is 10.2 Å². The maximum absolute atomic E-state index is 12.0. The minimum atomic E-state index is -0.0752. The molecule has 0 unspecified atom stereocenters. The first-order valence-corrected chi connectivity index (χ1v) is 6.61. The Balaban J connectivity index is 0.00000220. The average Bonchev–Trinajstić information content (AvgIpc) is 2.44. The van der Waals surface area contributed by atoms with Gasteiger partial charge in [0.25, 0.3) is 0 Å². The van der Waals surface area contributed by atoms with Gasteiger partial charge in [0.2, 0.25) is 6.41 Å². The number of pyridine rings is 1. The van der Waals surface area contributed by atoms with Gasteiger partial charge in [0, 0.05) is 18.0 Å². The van der Waals surface area contributed by atoms with Crippen LogP contribution < -0.4 is 10.7 Å². The van der Waals surface area contributed by atoms with Crippen molar-refractivity contribution in [2.75, 3.05) is 32.5 Å². The fourth-order valence-electron chi connectivity index (χ4n) is 2.15. The Morgan fingerprint density at radius 2 is 2.00 bits per heavy atom. The molecule has 1 aromatic heterocycles. The summed E-state index contributed by atoms with van der Waals surface area (Å²) >= 11 is 0. The molecule has 0 aliphatic heterocycles. The highest BCUT2D eigenvalue weighted by Gasteiger charge is 2.07. The number of hydrogen-bond donors (Lipinski definition) is 1. The van der Waals surface area contributed by atoms with Crippen LogP contribution in [0.25, 0.3) is 10.9 Å². The number of carbonyl (C=O) groups is 1. The zero-order chi connectivity index (χ0) is 14.5. The summed E-state index contributed by atoms with van der Waals surface area (Å²) in [5, 5.41) is 3.71. The topological polar surface area (TPSA) is 54.3 Å². The quantitative estimate of drug-likeness (QED) is 0.653. The molecule has 6 heteroatoms. The number of aromatic nitrogens is 1. The summed E-state index contributed by atoms with van der Waals surface area (Å²) in [7, 11) is 4.02. The fourth-order valence-corrected chi connectivity index (χ4v) is 2.15. The van der Waals surface area contributed by atoms with E-state index in [1.807, 2.05) is 20.2 Å². The van der Waals surface area contributed by atoms with E-state index in [-0.39, 0.29) is 17.8 Å². The van der Waals surface area contributed by atoms with Crippen molar-refractivity contribution < 1.29 is 4.79 Å². The van der Waals surface area contributed by atoms with Crippen molar-refractivity contribution in [3.05, 3.63) is 40.6 Å². The van der Waals surface area contributed by atoms with Crippen LogP contribution in [0.4, 0.5) is 5.82 Å². The van der Waals surface area contributed by atoms with Gasteiger partial charge in [-0.25, -0.2) is 0 Å². The number of halogens is 1. The lowest BCUT2D eigenvalue weighted by atomic mass is 10.2. The van der Waals surface area contributed by atoms with Crippen LogP contribution in [0.1, 0.15) is 6.42 Å². The molecule has 21 heavy (non-hydrogen) atoms. The first-order valence-electron chi connectivity index (χ1n) is 6.61. The van der Waals surface area contributed by atoms with Crippen LogP contribution in [0.5, 0.6) is 0 Å². The molecular weight excluding hydrogens is 290 g/mol. The fraction of sp³-hybridized carbons (Fsp3) is 0.333. The smallest absolute Gasteiger partial charge is 0.219 e. The Morgan fingerprint density at radius 3 is 2.67 bits per heavy atom. The molecule has 0 aliphatic carbocycles. The average molecular weight is 310 g/mol. The monoisotopic (exact) mass is 309 g/mol. The number of carbonyl (C=O) groups excluding carboxylic acids is 1. The highest BCUT2D eigenvalue weighted by atomic mass is 35.5. The highest BCUT2D eigenvalue weighted by Crippen LogP contribution is 2.14. The number of nitrogens with one attached hydrogen (secondary N) is 1. The molecule has 1 aromatic carbocycles. The Kier molecular flexibility index (Phi) is 6.39. The first kappa shape index (κ1) is 17.2. The molecule has 0 fully saturated rings. The maximum atomic E-state index is 12.0. The summed E-state index contributed by atoms with van der Waals surface area (Å²) in [4.78, 5) is 25.4. The molecule has 0 saturated heterocycles. The van der Waals surface area contributed by atoms with E-state index in [0.717, 1.165) is 19.4 Å². The van der Waals surface area contributed by atoms with Crippen LogP contribution in [0.3, 0.4) is 0 Å². The third-order valence-electron chi connectivity index (χ3n) is 3.15. The minimum absolute atomic E-state index is 0. The number of anilines is 1. The summed E-state index contributed by atoms with van der Waals surface area (Å²) in [6.07, 6.45) is 1.67. The molecule has 1 N–H and O–H groups in total. The van der Waals surface area contributed by atoms with Crippen LogP contribution in [0.2, 0.25) is 0 Å². The summed E-state index contributed by atoms with van der Waals surface area (Å²) in [6.45, 7) is 1.66. The van der Waals surface area contributed by atoms with Gasteiger partial charge in [-0.05, 0) is 39.2 Å². The second-order valence-electron chi connectivity index (χ2n) is 4.97. The zero-order valence-electron chi connectivity index (χ0n) is 12.2. The Labute approximate surface area is 130 Å². The molecule has 1 heterocycles. The molecule has 0 amide bonds. The molecule has 0 spiro atoms. The molecule has 0 saturated carbocycles. The number of hydrogen-bond acceptors (Lipinski definition) is 4. The molecule has 114 valence electrons. The lowest BCUT2D eigenvalue weighted by Crippen LogP contribution is -2.19. The van der Waals surface area contributed by atoms with Crippen LogP contribution in [0, 0.1) is 0 Å². The summed E-state index contributed by atoms with van der Waals surface area (Å²) in [5.74, 6) is 0.544. The number of benzene rings is 1. The molecular formula is C15H20ClN3O2. The van der Waals surface area contributed by atoms with Crippen LogP contribution in [0.15, 0.2) is 35.1 Å². The van der Waals surface area contributed by atoms with Crippen molar-refractivity contribution >= 4 is 35.5 Å². The zero-order valence-corrected chi connectivity index (χ0v) is 13.0. The van der Waals surface area contributed by atoms with Gasteiger partial charge in [-0.15, -0.1) is 12.4 Å². The van der Waals surface area contributed by atoms with E-state index in [4.69, 9.17) is 0 Å². The third-order valence-corrected chi connectivity index (χ3v) is 3.15. The predicted molar refractivity (Wildman–Crippen MR) is 89.3 cm³/mol. The van der Waals surface area contributed by atoms with Crippen LogP contribution >= 0.6 is 12.4 Å². The van der Waals surface area contributed by atoms with Crippen molar-refractivity contribution in [1.29, 1.82) is 0 Å². The molecule has 0 atom stereocenters. The van der Waals surface area contributed by atoms with Gasteiger partial charge in [-0.2, -0.15) is 0 Å². The maximum Gasteiger partial charge on any atom is 0.219 e. The van der Waals surface area contributed by atoms with Crippen molar-refractivity contribution in [1.82, 2.24) is 9.47 Å². The van der Waals surface area contributed by atoms with Gasteiger partial charge >= 0.3 is 0 Å². The molecule has 5 nitrogen and oxygen atoms in total. The van der Waals surface area contributed by atoms with Gasteiger partial charge in [-0.3, -0.25) is 14.2 Å². The molecule has 0 aliphatic rings. The second-order valence-corrected chi connectivity index (χ2v) is 4.97. The number of rotatable bonds is 6. The van der Waals surface area contributed by atoms with E-state index < -0.39 is 0 Å². The van der Waals surface area contributed by atoms with Crippen molar-refractivity contribution in [3.8, 4) is 0 Å². The minimum Gasteiger partial charge on any atom is -0.371 e. The second kappa shape index (κ2) is 7.81. The molecule has 0 bridgehead atoms. The normalized spacial score (nSPS) is 10.4. The van der Waals surface area contributed by atoms with Gasteiger partial charge in [0.1, 0.15) is 5.82 Å². The molecule has 2 aromatic rings. The highest BCUT2D eigenvalue weighted by molar-refractivity contribution is 5.87. The Bertz CT molecular complexity index is 668. The molecule has 0 radical (unpaired) electrons. The van der Waals surface area contributed by atoms with E-state index in [9.17, 15) is 9.59 Å². The van der Waals surface area contributed by atoms with Gasteiger partial charge in [-0.1, -0.05) is 12.1 Å². The standard InChI is InChI=1S/C15H19N3O2.ClH/c1-17(2)9-5-8-16-15-10-14(20)12-6-3-4-7-13(12)18(15)11-19;/h3-4,6-7,10-11,16H,5,8-9H2,1-2H3;1H. The van der Waals surface area contributed by atoms with Gasteiger partial charge in [0.15, 0.2) is 5.43 Å². The molecule has 2 rings (SSSR count). The summed E-state index contributed by atoms with van der Waals surface area (Å²) < 4.78 is 1.48. The predicted octanol–water partition coefficient (Wildman–Crippen LogP) is 1.83. The van der Waals surface area contributed by atoms with Crippen LogP contribution in [-0.4, -0.2) is 43.1 Å². The van der Waals surface area contributed by atoms with Gasteiger partial charge < -0.3 is 10.2 Å². The van der Waals surface area contributed by atoms with Crippen molar-refractivity contribution in [2.45, 2.75) is 6.42 Å². The summed E-state index contributed by atoms with van der Waals surface area (Å²) in [5.41, 5.74) is 0.555. The van der Waals surface area contributed by atoms with Crippen molar-refractivity contribution in [2.24, 2.45) is 0 Å². The number of nitrogens with zero attached hydrogens (tertiary/aromatic N) is 2. The first-order chi connectivity index (χ1) is 9.63. The largest absolute Gasteiger partial charge is 0.371 e. The van der Waals surface area contributed by atoms with E-state index in [1.54, 1.807) is 18.2 Å². The lowest BCUT2D eigenvalue weighted by molar-refractivity contribution is 0.405. The SMILES string of the molecule is CN(C)CCCNc1cc(=O)c2ccccc2n1C=O.Cl. The Hall–Kier alpha value is -1.85. The Morgan fingerprint density at radius 1 is 1.29 bits per heavy atom. The third kappa shape index (κ3) is 4.06.